The number of nitrogens with zero attached hydrogens (tertiary/aromatic N) is 1. The summed E-state index contributed by atoms with van der Waals surface area (Å²) in [6.45, 7) is 3.19. The van der Waals surface area contributed by atoms with Gasteiger partial charge in [-0.3, -0.25) is 0 Å². The topological polar surface area (TPSA) is 96.2 Å². The standard InChI is InChI=1S/C25H28N4O2/c1-17(27-14-24-19(15-30)7-10-25(26)29-24)11-20-13-28-23-9-8-21(12-22(20)23)31-16-18-5-3-2-4-6-18/h2-10,12-13,17,27-28,30H,11,14-16H2,1H3,(H2,26,29)/t17-/m1/s1. The van der Waals surface area contributed by atoms with Crippen LogP contribution < -0.4 is 15.8 Å². The summed E-state index contributed by atoms with van der Waals surface area (Å²) in [5.74, 6) is 1.32. The second-order valence-corrected chi connectivity index (χ2v) is 7.78. The average Bonchev–Trinajstić information content (AvgIpc) is 3.19. The molecule has 0 bridgehead atoms. The van der Waals surface area contributed by atoms with Crippen LogP contribution in [0.2, 0.25) is 0 Å². The molecule has 0 saturated heterocycles. The third-order valence-electron chi connectivity index (χ3n) is 5.39. The van der Waals surface area contributed by atoms with Crippen LogP contribution in [0.4, 0.5) is 5.82 Å². The van der Waals surface area contributed by atoms with E-state index in [2.05, 4.69) is 52.7 Å². The third-order valence-corrected chi connectivity index (χ3v) is 5.39. The summed E-state index contributed by atoms with van der Waals surface area (Å²) in [6, 6.07) is 20.1. The lowest BCUT2D eigenvalue weighted by atomic mass is 10.1. The molecule has 0 unspecified atom stereocenters. The highest BCUT2D eigenvalue weighted by atomic mass is 16.5. The first kappa shape index (κ1) is 20.9. The Labute approximate surface area is 182 Å². The van der Waals surface area contributed by atoms with Crippen LogP contribution >= 0.6 is 0 Å². The SMILES string of the molecule is C[C@H](Cc1c[nH]c2ccc(OCc3ccccc3)cc12)NCc1nc(N)ccc1CO. The zero-order valence-corrected chi connectivity index (χ0v) is 17.6. The number of nitrogens with two attached hydrogens (primary N) is 1. The summed E-state index contributed by atoms with van der Waals surface area (Å²) in [7, 11) is 0. The van der Waals surface area contributed by atoms with Gasteiger partial charge in [0.2, 0.25) is 0 Å². The number of H-pyrrole nitrogens is 1. The minimum Gasteiger partial charge on any atom is -0.489 e. The van der Waals surface area contributed by atoms with Gasteiger partial charge in [-0.15, -0.1) is 0 Å². The summed E-state index contributed by atoms with van der Waals surface area (Å²) in [4.78, 5) is 7.70. The molecule has 2 heterocycles. The molecule has 6 heteroatoms. The lowest BCUT2D eigenvalue weighted by molar-refractivity contribution is 0.279. The number of nitrogens with one attached hydrogen (secondary N) is 2. The number of fused-ring (bicyclic) bond motifs is 1. The zero-order valence-electron chi connectivity index (χ0n) is 17.6. The van der Waals surface area contributed by atoms with Crippen LogP contribution in [0.3, 0.4) is 0 Å². The molecule has 0 aliphatic heterocycles. The Kier molecular flexibility index (Phi) is 6.50. The van der Waals surface area contributed by atoms with Crippen molar-refractivity contribution in [1.29, 1.82) is 0 Å². The van der Waals surface area contributed by atoms with Crippen LogP contribution in [0.25, 0.3) is 10.9 Å². The fourth-order valence-electron chi connectivity index (χ4n) is 3.67. The number of ether oxygens (including phenoxy) is 1. The molecule has 0 aliphatic rings. The van der Waals surface area contributed by atoms with E-state index >= 15 is 0 Å². The number of aliphatic hydroxyl groups is 1. The van der Waals surface area contributed by atoms with Crippen molar-refractivity contribution in [1.82, 2.24) is 15.3 Å². The maximum atomic E-state index is 9.52. The summed E-state index contributed by atoms with van der Waals surface area (Å²) in [5, 5.41) is 14.2. The molecule has 1 atom stereocenters. The smallest absolute Gasteiger partial charge is 0.123 e. The van der Waals surface area contributed by atoms with Crippen LogP contribution in [0.1, 0.15) is 29.3 Å². The van der Waals surface area contributed by atoms with Crippen molar-refractivity contribution in [2.75, 3.05) is 5.73 Å². The van der Waals surface area contributed by atoms with Crippen molar-refractivity contribution < 1.29 is 9.84 Å². The molecule has 0 amide bonds. The summed E-state index contributed by atoms with van der Waals surface area (Å²) in [6.07, 6.45) is 2.90. The molecule has 4 rings (SSSR count). The van der Waals surface area contributed by atoms with E-state index in [-0.39, 0.29) is 12.6 Å². The highest BCUT2D eigenvalue weighted by Gasteiger charge is 2.11. The number of anilines is 1. The summed E-state index contributed by atoms with van der Waals surface area (Å²) < 4.78 is 6.00. The number of hydrogen-bond acceptors (Lipinski definition) is 5. The quantitative estimate of drug-likeness (QED) is 0.331. The Morgan fingerprint density at radius 1 is 1.10 bits per heavy atom. The minimum atomic E-state index is -0.0487. The molecule has 0 fully saturated rings. The largest absolute Gasteiger partial charge is 0.489 e. The molecule has 31 heavy (non-hydrogen) atoms. The van der Waals surface area contributed by atoms with E-state index in [9.17, 15) is 5.11 Å². The number of nitrogen functional groups attached to an aromatic ring is 1. The predicted octanol–water partition coefficient (Wildman–Crippen LogP) is 3.94. The first-order valence-corrected chi connectivity index (χ1v) is 10.5. The Morgan fingerprint density at radius 3 is 2.74 bits per heavy atom. The molecule has 160 valence electrons. The maximum Gasteiger partial charge on any atom is 0.123 e. The van der Waals surface area contributed by atoms with Crippen LogP contribution in [-0.2, 0) is 26.2 Å². The van der Waals surface area contributed by atoms with Gasteiger partial charge >= 0.3 is 0 Å². The van der Waals surface area contributed by atoms with Crippen molar-refractivity contribution in [2.45, 2.75) is 39.1 Å². The molecule has 2 aromatic carbocycles. The highest BCUT2D eigenvalue weighted by Crippen LogP contribution is 2.25. The molecule has 5 N–H and O–H groups in total. The minimum absolute atomic E-state index is 0.0487. The number of aromatic amines is 1. The third kappa shape index (κ3) is 5.23. The van der Waals surface area contributed by atoms with E-state index in [1.165, 1.54) is 5.56 Å². The Balaban J connectivity index is 1.41. The molecule has 0 radical (unpaired) electrons. The number of aromatic nitrogens is 2. The second-order valence-electron chi connectivity index (χ2n) is 7.78. The Morgan fingerprint density at radius 2 is 1.94 bits per heavy atom. The number of aliphatic hydroxyl groups excluding tert-OH is 1. The number of hydrogen-bond donors (Lipinski definition) is 4. The van der Waals surface area contributed by atoms with Crippen molar-refractivity contribution in [3.05, 3.63) is 89.2 Å². The van der Waals surface area contributed by atoms with E-state index in [1.807, 2.05) is 30.3 Å². The van der Waals surface area contributed by atoms with Crippen LogP contribution in [0.15, 0.2) is 66.9 Å². The Hall–Kier alpha value is -3.35. The van der Waals surface area contributed by atoms with Gasteiger partial charge < -0.3 is 25.9 Å². The normalized spacial score (nSPS) is 12.2. The van der Waals surface area contributed by atoms with E-state index in [4.69, 9.17) is 10.5 Å². The van der Waals surface area contributed by atoms with E-state index < -0.39 is 0 Å². The zero-order chi connectivity index (χ0) is 21.6. The van der Waals surface area contributed by atoms with Gasteiger partial charge in [0.1, 0.15) is 18.2 Å². The average molecular weight is 417 g/mol. The molecule has 2 aromatic heterocycles. The molecule has 6 nitrogen and oxygen atoms in total. The van der Waals surface area contributed by atoms with E-state index in [0.717, 1.165) is 39.9 Å². The van der Waals surface area contributed by atoms with Crippen molar-refractivity contribution in [2.24, 2.45) is 0 Å². The number of pyridine rings is 1. The molecule has 4 aromatic rings. The molecular formula is C25H28N4O2. The summed E-state index contributed by atoms with van der Waals surface area (Å²) in [5.41, 5.74) is 10.8. The van der Waals surface area contributed by atoms with Gasteiger partial charge in [-0.05, 0) is 48.7 Å². The first-order chi connectivity index (χ1) is 15.1. The highest BCUT2D eigenvalue weighted by molar-refractivity contribution is 5.84. The second kappa shape index (κ2) is 9.64. The molecule has 0 saturated carbocycles. The van der Waals surface area contributed by atoms with E-state index in [1.54, 1.807) is 6.07 Å². The lowest BCUT2D eigenvalue weighted by Gasteiger charge is -2.15. The van der Waals surface area contributed by atoms with Gasteiger partial charge in [0.25, 0.3) is 0 Å². The van der Waals surface area contributed by atoms with E-state index in [0.29, 0.717) is 19.0 Å². The number of rotatable bonds is 9. The van der Waals surface area contributed by atoms with Gasteiger partial charge in [0.15, 0.2) is 0 Å². The van der Waals surface area contributed by atoms with Crippen molar-refractivity contribution in [3.63, 3.8) is 0 Å². The van der Waals surface area contributed by atoms with Gasteiger partial charge in [0, 0.05) is 35.2 Å². The maximum absolute atomic E-state index is 9.52. The molecular weight excluding hydrogens is 388 g/mol. The first-order valence-electron chi connectivity index (χ1n) is 10.5. The van der Waals surface area contributed by atoms with Crippen LogP contribution in [-0.4, -0.2) is 21.1 Å². The van der Waals surface area contributed by atoms with Gasteiger partial charge in [-0.2, -0.15) is 0 Å². The fourth-order valence-corrected chi connectivity index (χ4v) is 3.67. The monoisotopic (exact) mass is 416 g/mol. The van der Waals surface area contributed by atoms with Crippen molar-refractivity contribution >= 4 is 16.7 Å². The van der Waals surface area contributed by atoms with Crippen LogP contribution in [0, 0.1) is 0 Å². The van der Waals surface area contributed by atoms with Crippen molar-refractivity contribution in [3.8, 4) is 5.75 Å². The van der Waals surface area contributed by atoms with Gasteiger partial charge in [0.05, 0.1) is 12.3 Å². The fraction of sp³-hybridized carbons (Fsp3) is 0.240. The molecule has 0 spiro atoms. The lowest BCUT2D eigenvalue weighted by Crippen LogP contribution is -2.28. The molecule has 0 aliphatic carbocycles. The number of benzene rings is 2. The Bertz CT molecular complexity index is 1140. The van der Waals surface area contributed by atoms with Crippen LogP contribution in [0.5, 0.6) is 5.75 Å². The predicted molar refractivity (Wildman–Crippen MR) is 124 cm³/mol. The van der Waals surface area contributed by atoms with Gasteiger partial charge in [-0.1, -0.05) is 36.4 Å². The summed E-state index contributed by atoms with van der Waals surface area (Å²) >= 11 is 0. The van der Waals surface area contributed by atoms with Gasteiger partial charge in [-0.25, -0.2) is 4.98 Å².